The van der Waals surface area contributed by atoms with Crippen molar-refractivity contribution in [1.82, 2.24) is 0 Å². The van der Waals surface area contributed by atoms with Crippen LogP contribution in [0.4, 0.5) is 0 Å². The maximum atomic E-state index is 2.50. The summed E-state index contributed by atoms with van der Waals surface area (Å²) >= 11 is 0. The van der Waals surface area contributed by atoms with E-state index in [0.29, 0.717) is 0 Å². The molecule has 0 aromatic rings. The van der Waals surface area contributed by atoms with Crippen molar-refractivity contribution in [2.24, 2.45) is 17.8 Å². The van der Waals surface area contributed by atoms with Gasteiger partial charge in [-0.3, -0.25) is 0 Å². The lowest BCUT2D eigenvalue weighted by Gasteiger charge is -2.12. The van der Waals surface area contributed by atoms with E-state index in [1.807, 2.05) is 0 Å². The summed E-state index contributed by atoms with van der Waals surface area (Å²) in [4.78, 5) is 0. The average Bonchev–Trinajstić information content (AvgIpc) is 2.85. The van der Waals surface area contributed by atoms with Crippen LogP contribution in [0.2, 0.25) is 0 Å². The SMILES string of the molecule is CCCCCC/C=C/C1CC2C=CC1C2. The molecule has 2 aliphatic carbocycles. The molecule has 15 heavy (non-hydrogen) atoms. The van der Waals surface area contributed by atoms with Crippen molar-refractivity contribution < 1.29 is 0 Å². The van der Waals surface area contributed by atoms with Gasteiger partial charge in [-0.1, -0.05) is 50.5 Å². The summed E-state index contributed by atoms with van der Waals surface area (Å²) in [5.41, 5.74) is 0. The second-order valence-corrected chi connectivity index (χ2v) is 5.22. The summed E-state index contributed by atoms with van der Waals surface area (Å²) in [6, 6.07) is 0. The molecule has 0 aromatic carbocycles. The van der Waals surface area contributed by atoms with Crippen LogP contribution < -0.4 is 0 Å². The maximum absolute atomic E-state index is 2.50. The molecule has 3 unspecified atom stereocenters. The molecule has 0 saturated heterocycles. The van der Waals surface area contributed by atoms with E-state index in [1.165, 1.54) is 44.9 Å². The minimum Gasteiger partial charge on any atom is -0.0882 e. The molecule has 0 heterocycles. The van der Waals surface area contributed by atoms with Crippen molar-refractivity contribution in [3.05, 3.63) is 24.3 Å². The Hall–Kier alpha value is -0.520. The molecular formula is C15H24. The van der Waals surface area contributed by atoms with Crippen LogP contribution in [0.15, 0.2) is 24.3 Å². The molecule has 84 valence electrons. The zero-order chi connectivity index (χ0) is 10.5. The summed E-state index contributed by atoms with van der Waals surface area (Å²) in [7, 11) is 0. The van der Waals surface area contributed by atoms with Crippen LogP contribution in [0, 0.1) is 17.8 Å². The van der Waals surface area contributed by atoms with E-state index < -0.39 is 0 Å². The molecule has 0 aliphatic heterocycles. The fraction of sp³-hybridized carbons (Fsp3) is 0.733. The van der Waals surface area contributed by atoms with E-state index in [9.17, 15) is 0 Å². The van der Waals surface area contributed by atoms with Crippen molar-refractivity contribution in [3.63, 3.8) is 0 Å². The van der Waals surface area contributed by atoms with Gasteiger partial charge in [0, 0.05) is 0 Å². The number of hydrogen-bond donors (Lipinski definition) is 0. The highest BCUT2D eigenvalue weighted by Gasteiger charge is 2.33. The van der Waals surface area contributed by atoms with E-state index in [-0.39, 0.29) is 0 Å². The van der Waals surface area contributed by atoms with Gasteiger partial charge in [0.1, 0.15) is 0 Å². The Morgan fingerprint density at radius 2 is 2.07 bits per heavy atom. The van der Waals surface area contributed by atoms with Gasteiger partial charge in [-0.05, 0) is 43.4 Å². The number of rotatable bonds is 6. The van der Waals surface area contributed by atoms with Crippen LogP contribution in [0.3, 0.4) is 0 Å². The lowest BCUT2D eigenvalue weighted by molar-refractivity contribution is 0.547. The van der Waals surface area contributed by atoms with Crippen molar-refractivity contribution in [2.45, 2.75) is 51.9 Å². The molecule has 0 nitrogen and oxygen atoms in total. The highest BCUT2D eigenvalue weighted by atomic mass is 14.4. The third-order valence-electron chi connectivity index (χ3n) is 3.94. The van der Waals surface area contributed by atoms with E-state index in [1.54, 1.807) is 0 Å². The van der Waals surface area contributed by atoms with Crippen LogP contribution in [0.5, 0.6) is 0 Å². The van der Waals surface area contributed by atoms with Crippen LogP contribution in [-0.4, -0.2) is 0 Å². The fourth-order valence-electron chi connectivity index (χ4n) is 3.00. The summed E-state index contributed by atoms with van der Waals surface area (Å²) in [5.74, 6) is 2.69. The summed E-state index contributed by atoms with van der Waals surface area (Å²) in [5, 5.41) is 0. The Balaban J connectivity index is 1.61. The van der Waals surface area contributed by atoms with Crippen molar-refractivity contribution in [1.29, 1.82) is 0 Å². The second kappa shape index (κ2) is 5.53. The van der Waals surface area contributed by atoms with E-state index in [2.05, 4.69) is 31.2 Å². The van der Waals surface area contributed by atoms with Crippen LogP contribution in [0.1, 0.15) is 51.9 Å². The van der Waals surface area contributed by atoms with E-state index in [4.69, 9.17) is 0 Å². The van der Waals surface area contributed by atoms with Gasteiger partial charge in [0.05, 0.1) is 0 Å². The average molecular weight is 204 g/mol. The standard InChI is InChI=1S/C15H24/c1-2-3-4-5-6-7-8-14-11-13-9-10-15(14)12-13/h7-10,13-15H,2-6,11-12H2,1H3/b8-7+. The Morgan fingerprint density at radius 1 is 1.13 bits per heavy atom. The Labute approximate surface area is 94.5 Å². The van der Waals surface area contributed by atoms with Gasteiger partial charge in [0.15, 0.2) is 0 Å². The van der Waals surface area contributed by atoms with E-state index in [0.717, 1.165) is 17.8 Å². The first-order valence-electron chi connectivity index (χ1n) is 6.75. The smallest absolute Gasteiger partial charge is 0.0165 e. The third kappa shape index (κ3) is 2.96. The Kier molecular flexibility index (Phi) is 4.05. The molecule has 2 rings (SSSR count). The number of hydrogen-bond acceptors (Lipinski definition) is 0. The van der Waals surface area contributed by atoms with Crippen LogP contribution >= 0.6 is 0 Å². The molecule has 3 atom stereocenters. The predicted molar refractivity (Wildman–Crippen MR) is 66.7 cm³/mol. The summed E-state index contributed by atoms with van der Waals surface area (Å²) in [6.07, 6.45) is 19.5. The minimum absolute atomic E-state index is 0.881. The quantitative estimate of drug-likeness (QED) is 0.433. The highest BCUT2D eigenvalue weighted by Crippen LogP contribution is 2.43. The molecule has 2 bridgehead atoms. The van der Waals surface area contributed by atoms with Gasteiger partial charge in [-0.25, -0.2) is 0 Å². The van der Waals surface area contributed by atoms with Crippen LogP contribution in [-0.2, 0) is 0 Å². The minimum atomic E-state index is 0.881. The molecule has 0 N–H and O–H groups in total. The number of allylic oxidation sites excluding steroid dienone is 4. The van der Waals surface area contributed by atoms with E-state index >= 15 is 0 Å². The first-order valence-corrected chi connectivity index (χ1v) is 6.75. The van der Waals surface area contributed by atoms with Crippen LogP contribution in [0.25, 0.3) is 0 Å². The zero-order valence-corrected chi connectivity index (χ0v) is 9.99. The molecular weight excluding hydrogens is 180 g/mol. The monoisotopic (exact) mass is 204 g/mol. The van der Waals surface area contributed by atoms with Gasteiger partial charge in [0.25, 0.3) is 0 Å². The summed E-state index contributed by atoms with van der Waals surface area (Å²) in [6.45, 7) is 2.28. The lowest BCUT2D eigenvalue weighted by atomic mass is 9.93. The van der Waals surface area contributed by atoms with Gasteiger partial charge < -0.3 is 0 Å². The number of unbranched alkanes of at least 4 members (excludes halogenated alkanes) is 4. The molecule has 0 heteroatoms. The number of fused-ring (bicyclic) bond motifs is 2. The second-order valence-electron chi connectivity index (χ2n) is 5.22. The van der Waals surface area contributed by atoms with Gasteiger partial charge >= 0.3 is 0 Å². The normalized spacial score (nSPS) is 33.3. The molecule has 0 aromatic heterocycles. The molecule has 1 fully saturated rings. The Bertz CT molecular complexity index is 236. The first-order chi connectivity index (χ1) is 7.40. The van der Waals surface area contributed by atoms with Gasteiger partial charge in [0.2, 0.25) is 0 Å². The zero-order valence-electron chi connectivity index (χ0n) is 9.99. The Morgan fingerprint density at radius 3 is 2.73 bits per heavy atom. The molecule has 0 radical (unpaired) electrons. The largest absolute Gasteiger partial charge is 0.0882 e. The molecule has 0 amide bonds. The molecule has 0 spiro atoms. The predicted octanol–water partition coefficient (Wildman–Crippen LogP) is 4.73. The van der Waals surface area contributed by atoms with Crippen molar-refractivity contribution >= 4 is 0 Å². The topological polar surface area (TPSA) is 0 Å². The van der Waals surface area contributed by atoms with Gasteiger partial charge in [-0.2, -0.15) is 0 Å². The lowest BCUT2D eigenvalue weighted by Crippen LogP contribution is -2.02. The third-order valence-corrected chi connectivity index (χ3v) is 3.94. The van der Waals surface area contributed by atoms with Gasteiger partial charge in [-0.15, -0.1) is 0 Å². The molecule has 2 aliphatic rings. The fourth-order valence-corrected chi connectivity index (χ4v) is 3.00. The maximum Gasteiger partial charge on any atom is -0.0165 e. The van der Waals surface area contributed by atoms with Crippen molar-refractivity contribution in [2.75, 3.05) is 0 Å². The first kappa shape index (κ1) is 11.0. The molecule has 1 saturated carbocycles. The highest BCUT2D eigenvalue weighted by molar-refractivity contribution is 5.14. The van der Waals surface area contributed by atoms with Crippen molar-refractivity contribution in [3.8, 4) is 0 Å². The summed E-state index contributed by atoms with van der Waals surface area (Å²) < 4.78 is 0.